The second-order valence-electron chi connectivity index (χ2n) is 4.99. The van der Waals surface area contributed by atoms with Crippen LogP contribution in [0.1, 0.15) is 23.0 Å². The molecule has 2 heterocycles. The normalized spacial score (nSPS) is 10.2. The van der Waals surface area contributed by atoms with Crippen LogP contribution in [0.2, 0.25) is 0 Å². The number of aromatic nitrogens is 3. The van der Waals surface area contributed by atoms with Crippen LogP contribution >= 0.6 is 0 Å². The standard InChI is InChI=1S/C19H15N3O2/c1-3-14-7-5-9-16(11-14)22-13-17(15-8-6-10-20-12-15)18(21-22)19(23)24-4-2/h1,5-13H,4H2,2H3. The fraction of sp³-hybridized carbons (Fsp3) is 0.105. The summed E-state index contributed by atoms with van der Waals surface area (Å²) in [5.41, 5.74) is 3.21. The molecule has 0 fully saturated rings. The van der Waals surface area contributed by atoms with Crippen molar-refractivity contribution in [1.82, 2.24) is 14.8 Å². The van der Waals surface area contributed by atoms with E-state index in [1.807, 2.05) is 30.3 Å². The van der Waals surface area contributed by atoms with E-state index in [0.29, 0.717) is 5.56 Å². The number of hydrogen-bond acceptors (Lipinski definition) is 4. The molecule has 0 atom stereocenters. The monoisotopic (exact) mass is 317 g/mol. The summed E-state index contributed by atoms with van der Waals surface area (Å²) in [6, 6.07) is 11.1. The van der Waals surface area contributed by atoms with E-state index in [1.165, 1.54) is 0 Å². The molecule has 118 valence electrons. The van der Waals surface area contributed by atoms with Crippen molar-refractivity contribution in [2.45, 2.75) is 6.92 Å². The molecule has 3 rings (SSSR count). The molecule has 3 aromatic rings. The quantitative estimate of drug-likeness (QED) is 0.548. The molecular weight excluding hydrogens is 302 g/mol. The number of esters is 1. The van der Waals surface area contributed by atoms with Crippen molar-refractivity contribution in [1.29, 1.82) is 0 Å². The summed E-state index contributed by atoms with van der Waals surface area (Å²) in [7, 11) is 0. The van der Waals surface area contributed by atoms with Crippen LogP contribution < -0.4 is 0 Å². The fourth-order valence-corrected chi connectivity index (χ4v) is 2.33. The predicted octanol–water partition coefficient (Wildman–Crippen LogP) is 3.09. The Morgan fingerprint density at radius 3 is 2.92 bits per heavy atom. The predicted molar refractivity (Wildman–Crippen MR) is 90.7 cm³/mol. The molecule has 0 aliphatic carbocycles. The number of terminal acetylenes is 1. The third kappa shape index (κ3) is 3.03. The molecule has 0 spiro atoms. The van der Waals surface area contributed by atoms with Crippen molar-refractivity contribution in [3.05, 3.63) is 66.2 Å². The van der Waals surface area contributed by atoms with Crippen LogP contribution in [0.4, 0.5) is 0 Å². The smallest absolute Gasteiger partial charge is 0.359 e. The van der Waals surface area contributed by atoms with Gasteiger partial charge in [-0.15, -0.1) is 6.42 Å². The highest BCUT2D eigenvalue weighted by molar-refractivity contribution is 5.95. The first-order valence-electron chi connectivity index (χ1n) is 7.47. The van der Waals surface area contributed by atoms with E-state index >= 15 is 0 Å². The summed E-state index contributed by atoms with van der Waals surface area (Å²) in [4.78, 5) is 16.4. The summed E-state index contributed by atoms with van der Waals surface area (Å²) >= 11 is 0. The van der Waals surface area contributed by atoms with Crippen molar-refractivity contribution in [2.75, 3.05) is 6.61 Å². The van der Waals surface area contributed by atoms with Gasteiger partial charge in [0.1, 0.15) is 0 Å². The van der Waals surface area contributed by atoms with Gasteiger partial charge in [0.2, 0.25) is 0 Å². The van der Waals surface area contributed by atoms with E-state index < -0.39 is 5.97 Å². The molecule has 24 heavy (non-hydrogen) atoms. The molecule has 0 N–H and O–H groups in total. The maximum absolute atomic E-state index is 12.3. The highest BCUT2D eigenvalue weighted by atomic mass is 16.5. The van der Waals surface area contributed by atoms with Gasteiger partial charge in [0.15, 0.2) is 5.69 Å². The zero-order chi connectivity index (χ0) is 16.9. The van der Waals surface area contributed by atoms with Crippen molar-refractivity contribution in [3.63, 3.8) is 0 Å². The first kappa shape index (κ1) is 15.5. The van der Waals surface area contributed by atoms with E-state index in [1.54, 1.807) is 36.3 Å². The average Bonchev–Trinajstić information content (AvgIpc) is 3.08. The Kier molecular flexibility index (Phi) is 4.39. The lowest BCUT2D eigenvalue weighted by molar-refractivity contribution is 0.0520. The Balaban J connectivity index is 2.12. The average molecular weight is 317 g/mol. The molecule has 0 aliphatic heterocycles. The van der Waals surface area contributed by atoms with E-state index in [-0.39, 0.29) is 12.3 Å². The molecule has 0 aliphatic rings. The van der Waals surface area contributed by atoms with Crippen molar-refractivity contribution in [2.24, 2.45) is 0 Å². The minimum absolute atomic E-state index is 0.246. The van der Waals surface area contributed by atoms with Gasteiger partial charge in [-0.2, -0.15) is 5.10 Å². The van der Waals surface area contributed by atoms with Gasteiger partial charge >= 0.3 is 5.97 Å². The van der Waals surface area contributed by atoms with Gasteiger partial charge in [0, 0.05) is 35.3 Å². The van der Waals surface area contributed by atoms with Gasteiger partial charge in [0.05, 0.1) is 12.3 Å². The third-order valence-electron chi connectivity index (χ3n) is 3.43. The lowest BCUT2D eigenvalue weighted by atomic mass is 10.1. The summed E-state index contributed by atoms with van der Waals surface area (Å²) in [5, 5.41) is 4.40. The molecule has 0 saturated carbocycles. The SMILES string of the molecule is C#Cc1cccc(-n2cc(-c3cccnc3)c(C(=O)OCC)n2)c1. The van der Waals surface area contributed by atoms with Gasteiger partial charge in [0.25, 0.3) is 0 Å². The van der Waals surface area contributed by atoms with Crippen LogP contribution in [0, 0.1) is 12.3 Å². The van der Waals surface area contributed by atoms with Gasteiger partial charge in [-0.3, -0.25) is 4.98 Å². The molecule has 5 heteroatoms. The maximum atomic E-state index is 12.3. The molecule has 0 radical (unpaired) electrons. The number of pyridine rings is 1. The van der Waals surface area contributed by atoms with Crippen LogP contribution in [0.25, 0.3) is 16.8 Å². The topological polar surface area (TPSA) is 57.0 Å². The van der Waals surface area contributed by atoms with E-state index in [0.717, 1.165) is 16.8 Å². The fourth-order valence-electron chi connectivity index (χ4n) is 2.33. The molecular formula is C19H15N3O2. The molecule has 1 aromatic carbocycles. The minimum atomic E-state index is -0.469. The van der Waals surface area contributed by atoms with E-state index in [2.05, 4.69) is 16.0 Å². The van der Waals surface area contributed by atoms with Gasteiger partial charge in [-0.05, 0) is 31.2 Å². The summed E-state index contributed by atoms with van der Waals surface area (Å²) < 4.78 is 6.74. The third-order valence-corrected chi connectivity index (χ3v) is 3.43. The highest BCUT2D eigenvalue weighted by Gasteiger charge is 2.20. The number of ether oxygens (including phenoxy) is 1. The Morgan fingerprint density at radius 2 is 2.21 bits per heavy atom. The zero-order valence-electron chi connectivity index (χ0n) is 13.1. The van der Waals surface area contributed by atoms with Crippen LogP contribution in [-0.4, -0.2) is 27.3 Å². The largest absolute Gasteiger partial charge is 0.461 e. The Bertz CT molecular complexity index is 908. The van der Waals surface area contributed by atoms with Crippen molar-refractivity contribution < 1.29 is 9.53 Å². The lowest BCUT2D eigenvalue weighted by Crippen LogP contribution is -2.07. The lowest BCUT2D eigenvalue weighted by Gasteiger charge is -2.01. The molecule has 0 amide bonds. The van der Waals surface area contributed by atoms with Crippen molar-refractivity contribution in [3.8, 4) is 29.2 Å². The number of benzene rings is 1. The van der Waals surface area contributed by atoms with Gasteiger partial charge in [-0.25, -0.2) is 9.48 Å². The van der Waals surface area contributed by atoms with Gasteiger partial charge in [-0.1, -0.05) is 18.1 Å². The number of hydrogen-bond donors (Lipinski definition) is 0. The molecule has 2 aromatic heterocycles. The number of carbonyl (C=O) groups is 1. The van der Waals surface area contributed by atoms with Crippen LogP contribution in [0.15, 0.2) is 55.0 Å². The Morgan fingerprint density at radius 1 is 1.33 bits per heavy atom. The second-order valence-corrected chi connectivity index (χ2v) is 4.99. The molecule has 0 bridgehead atoms. The summed E-state index contributed by atoms with van der Waals surface area (Å²) in [5.74, 6) is 2.12. The molecule has 0 saturated heterocycles. The zero-order valence-corrected chi connectivity index (χ0v) is 13.1. The first-order valence-corrected chi connectivity index (χ1v) is 7.47. The highest BCUT2D eigenvalue weighted by Crippen LogP contribution is 2.24. The Labute approximate surface area is 139 Å². The number of rotatable bonds is 4. The molecule has 5 nitrogen and oxygen atoms in total. The maximum Gasteiger partial charge on any atom is 0.359 e. The number of nitrogens with zero attached hydrogens (tertiary/aromatic N) is 3. The second kappa shape index (κ2) is 6.80. The van der Waals surface area contributed by atoms with Gasteiger partial charge < -0.3 is 4.74 Å². The van der Waals surface area contributed by atoms with E-state index in [4.69, 9.17) is 11.2 Å². The molecule has 0 unspecified atom stereocenters. The number of carbonyl (C=O) groups excluding carboxylic acids is 1. The van der Waals surface area contributed by atoms with Crippen LogP contribution in [-0.2, 0) is 4.74 Å². The summed E-state index contributed by atoms with van der Waals surface area (Å²) in [6.45, 7) is 2.04. The van der Waals surface area contributed by atoms with E-state index in [9.17, 15) is 4.79 Å². The summed E-state index contributed by atoms with van der Waals surface area (Å²) in [6.07, 6.45) is 10.6. The van der Waals surface area contributed by atoms with Crippen LogP contribution in [0.3, 0.4) is 0 Å². The minimum Gasteiger partial charge on any atom is -0.461 e. The first-order chi connectivity index (χ1) is 11.7. The van der Waals surface area contributed by atoms with Crippen molar-refractivity contribution >= 4 is 5.97 Å². The Hall–Kier alpha value is -3.39. The van der Waals surface area contributed by atoms with Crippen LogP contribution in [0.5, 0.6) is 0 Å².